The SMILES string of the molecule is COCCOC(=O)C1=C(C)NC2=C(C(=O)CC(c3ccccc3)C2)C1c1ccc(OC(C)=O)cc1. The third-order valence-electron chi connectivity index (χ3n) is 6.31. The number of rotatable bonds is 7. The van der Waals surface area contributed by atoms with Crippen molar-refractivity contribution in [2.45, 2.75) is 38.5 Å². The number of ether oxygens (including phenoxy) is 3. The molecule has 2 aliphatic rings. The molecule has 1 aliphatic heterocycles. The van der Waals surface area contributed by atoms with Gasteiger partial charge < -0.3 is 19.5 Å². The molecule has 7 nitrogen and oxygen atoms in total. The van der Waals surface area contributed by atoms with Crippen LogP contribution in [-0.4, -0.2) is 38.0 Å². The summed E-state index contributed by atoms with van der Waals surface area (Å²) in [6.07, 6.45) is 1.02. The van der Waals surface area contributed by atoms with Crippen LogP contribution in [0.25, 0.3) is 0 Å². The number of Topliss-reactive ketones (excluding diaryl/α,β-unsaturated/α-hetero) is 1. The van der Waals surface area contributed by atoms with Crippen LogP contribution in [0.5, 0.6) is 5.75 Å². The number of benzene rings is 2. The molecule has 2 unspecified atom stereocenters. The van der Waals surface area contributed by atoms with Gasteiger partial charge in [0, 0.05) is 43.3 Å². The normalized spacial score (nSPS) is 19.7. The monoisotopic (exact) mass is 475 g/mol. The number of methoxy groups -OCH3 is 1. The van der Waals surface area contributed by atoms with Crippen molar-refractivity contribution in [3.05, 3.63) is 88.3 Å². The highest BCUT2D eigenvalue weighted by Crippen LogP contribution is 2.45. The Balaban J connectivity index is 1.73. The predicted molar refractivity (Wildman–Crippen MR) is 130 cm³/mol. The van der Waals surface area contributed by atoms with Crippen LogP contribution in [0.1, 0.15) is 49.7 Å². The van der Waals surface area contributed by atoms with Gasteiger partial charge in [-0.2, -0.15) is 0 Å². The summed E-state index contributed by atoms with van der Waals surface area (Å²) in [5.41, 5.74) is 4.33. The molecule has 1 N–H and O–H groups in total. The molecule has 2 aromatic carbocycles. The van der Waals surface area contributed by atoms with E-state index in [0.717, 1.165) is 16.8 Å². The van der Waals surface area contributed by atoms with Crippen LogP contribution in [0.15, 0.2) is 77.1 Å². The minimum Gasteiger partial charge on any atom is -0.460 e. The molecular weight excluding hydrogens is 446 g/mol. The summed E-state index contributed by atoms with van der Waals surface area (Å²) in [5.74, 6) is -1.05. The van der Waals surface area contributed by atoms with Crippen molar-refractivity contribution in [2.75, 3.05) is 20.3 Å². The molecule has 1 heterocycles. The average molecular weight is 476 g/mol. The minimum atomic E-state index is -0.586. The number of carbonyl (C=O) groups excluding carboxylic acids is 3. The maximum Gasteiger partial charge on any atom is 0.336 e. The highest BCUT2D eigenvalue weighted by molar-refractivity contribution is 6.04. The van der Waals surface area contributed by atoms with Crippen LogP contribution < -0.4 is 10.1 Å². The summed E-state index contributed by atoms with van der Waals surface area (Å²) in [6, 6.07) is 16.9. The van der Waals surface area contributed by atoms with E-state index in [2.05, 4.69) is 5.32 Å². The van der Waals surface area contributed by atoms with Gasteiger partial charge in [0.25, 0.3) is 0 Å². The maximum atomic E-state index is 13.6. The van der Waals surface area contributed by atoms with E-state index in [1.165, 1.54) is 14.0 Å². The number of carbonyl (C=O) groups is 3. The Hall–Kier alpha value is -3.71. The fourth-order valence-electron chi connectivity index (χ4n) is 4.79. The maximum absolute atomic E-state index is 13.6. The summed E-state index contributed by atoms with van der Waals surface area (Å²) in [6.45, 7) is 3.55. The van der Waals surface area contributed by atoms with Gasteiger partial charge >= 0.3 is 11.9 Å². The van der Waals surface area contributed by atoms with Crippen LogP contribution >= 0.6 is 0 Å². The quantitative estimate of drug-likeness (QED) is 0.365. The van der Waals surface area contributed by atoms with Gasteiger partial charge in [-0.15, -0.1) is 0 Å². The van der Waals surface area contributed by atoms with Crippen molar-refractivity contribution < 1.29 is 28.6 Å². The Morgan fingerprint density at radius 1 is 0.971 bits per heavy atom. The zero-order chi connectivity index (χ0) is 24.9. The van der Waals surface area contributed by atoms with E-state index in [1.807, 2.05) is 37.3 Å². The number of allylic oxidation sites excluding steroid dienone is 3. The van der Waals surface area contributed by atoms with Gasteiger partial charge in [-0.1, -0.05) is 42.5 Å². The Kier molecular flexibility index (Phi) is 7.46. The van der Waals surface area contributed by atoms with E-state index in [-0.39, 0.29) is 24.9 Å². The molecule has 0 amide bonds. The number of esters is 2. The lowest BCUT2D eigenvalue weighted by Crippen LogP contribution is -2.36. The summed E-state index contributed by atoms with van der Waals surface area (Å²) in [4.78, 5) is 38.1. The van der Waals surface area contributed by atoms with Crippen LogP contribution in [0.3, 0.4) is 0 Å². The molecule has 182 valence electrons. The molecule has 0 bridgehead atoms. The molecule has 0 radical (unpaired) electrons. The molecule has 0 saturated heterocycles. The Morgan fingerprint density at radius 3 is 2.34 bits per heavy atom. The number of ketones is 1. The fraction of sp³-hybridized carbons (Fsp3) is 0.321. The number of nitrogens with one attached hydrogen (secondary N) is 1. The van der Waals surface area contributed by atoms with Crippen molar-refractivity contribution in [3.63, 3.8) is 0 Å². The van der Waals surface area contributed by atoms with Gasteiger partial charge in [0.15, 0.2) is 5.78 Å². The van der Waals surface area contributed by atoms with Crippen LogP contribution in [0.2, 0.25) is 0 Å². The molecule has 0 fully saturated rings. The lowest BCUT2D eigenvalue weighted by molar-refractivity contribution is -0.140. The first kappa shape index (κ1) is 24.4. The first-order valence-electron chi connectivity index (χ1n) is 11.6. The van der Waals surface area contributed by atoms with Gasteiger partial charge in [-0.05, 0) is 42.5 Å². The zero-order valence-electron chi connectivity index (χ0n) is 20.1. The first-order chi connectivity index (χ1) is 16.9. The first-order valence-corrected chi connectivity index (χ1v) is 11.6. The van der Waals surface area contributed by atoms with E-state index in [0.29, 0.717) is 35.4 Å². The van der Waals surface area contributed by atoms with Crippen molar-refractivity contribution in [1.29, 1.82) is 0 Å². The highest BCUT2D eigenvalue weighted by Gasteiger charge is 2.41. The molecule has 1 aliphatic carbocycles. The summed E-state index contributed by atoms with van der Waals surface area (Å²) >= 11 is 0. The van der Waals surface area contributed by atoms with Crippen molar-refractivity contribution in [3.8, 4) is 5.75 Å². The Morgan fingerprint density at radius 2 is 1.69 bits per heavy atom. The molecule has 2 atom stereocenters. The van der Waals surface area contributed by atoms with Crippen LogP contribution in [-0.2, 0) is 23.9 Å². The van der Waals surface area contributed by atoms with Gasteiger partial charge in [0.1, 0.15) is 12.4 Å². The summed E-state index contributed by atoms with van der Waals surface area (Å²) < 4.78 is 15.6. The largest absolute Gasteiger partial charge is 0.460 e. The van der Waals surface area contributed by atoms with Gasteiger partial charge in [0.05, 0.1) is 12.2 Å². The van der Waals surface area contributed by atoms with E-state index in [4.69, 9.17) is 14.2 Å². The Labute approximate surface area is 204 Å². The van der Waals surface area contributed by atoms with Crippen LogP contribution in [0, 0.1) is 0 Å². The molecule has 0 saturated carbocycles. The fourth-order valence-corrected chi connectivity index (χ4v) is 4.79. The van der Waals surface area contributed by atoms with E-state index >= 15 is 0 Å². The predicted octanol–water partition coefficient (Wildman–Crippen LogP) is 4.16. The van der Waals surface area contributed by atoms with E-state index in [1.54, 1.807) is 24.3 Å². The standard InChI is InChI=1S/C28H29NO6/c1-17-25(28(32)34-14-13-33-3)26(20-9-11-22(12-10-20)35-18(2)30)27-23(29-17)15-21(16-24(27)31)19-7-5-4-6-8-19/h4-12,21,26,29H,13-16H2,1-3H3. The van der Waals surface area contributed by atoms with Gasteiger partial charge in [-0.3, -0.25) is 9.59 Å². The van der Waals surface area contributed by atoms with E-state index < -0.39 is 17.9 Å². The van der Waals surface area contributed by atoms with Gasteiger partial charge in [-0.25, -0.2) is 4.79 Å². The third-order valence-corrected chi connectivity index (χ3v) is 6.31. The zero-order valence-corrected chi connectivity index (χ0v) is 20.1. The van der Waals surface area contributed by atoms with E-state index in [9.17, 15) is 14.4 Å². The second-order valence-electron chi connectivity index (χ2n) is 8.72. The topological polar surface area (TPSA) is 90.9 Å². The highest BCUT2D eigenvalue weighted by atomic mass is 16.6. The molecule has 4 rings (SSSR count). The van der Waals surface area contributed by atoms with Crippen LogP contribution in [0.4, 0.5) is 0 Å². The molecule has 0 spiro atoms. The smallest absolute Gasteiger partial charge is 0.336 e. The molecule has 0 aromatic heterocycles. The Bertz CT molecular complexity index is 1180. The lowest BCUT2D eigenvalue weighted by Gasteiger charge is -2.36. The minimum absolute atomic E-state index is 0.00337. The third kappa shape index (κ3) is 5.35. The average Bonchev–Trinajstić information content (AvgIpc) is 2.84. The molecular formula is C28H29NO6. The van der Waals surface area contributed by atoms with Crippen molar-refractivity contribution >= 4 is 17.7 Å². The molecule has 7 heteroatoms. The lowest BCUT2D eigenvalue weighted by atomic mass is 9.72. The molecule has 2 aromatic rings. The number of hydrogen-bond acceptors (Lipinski definition) is 7. The number of dihydropyridines is 1. The number of hydrogen-bond donors (Lipinski definition) is 1. The summed E-state index contributed by atoms with van der Waals surface area (Å²) in [7, 11) is 1.54. The van der Waals surface area contributed by atoms with Crippen molar-refractivity contribution in [2.24, 2.45) is 0 Å². The molecule has 35 heavy (non-hydrogen) atoms. The second-order valence-corrected chi connectivity index (χ2v) is 8.72. The van der Waals surface area contributed by atoms with Gasteiger partial charge in [0.2, 0.25) is 0 Å². The second kappa shape index (κ2) is 10.7. The van der Waals surface area contributed by atoms with Crippen molar-refractivity contribution in [1.82, 2.24) is 5.32 Å². The summed E-state index contributed by atoms with van der Waals surface area (Å²) in [5, 5.41) is 3.34.